The van der Waals surface area contributed by atoms with Crippen LogP contribution in [-0.4, -0.2) is 23.6 Å². The maximum atomic E-state index is 11.8. The molecule has 2 N–H and O–H groups in total. The minimum absolute atomic E-state index is 0.125. The van der Waals surface area contributed by atoms with E-state index >= 15 is 0 Å². The van der Waals surface area contributed by atoms with Crippen molar-refractivity contribution in [2.24, 2.45) is 0 Å². The standard InChI is InChI=1S/C15H10Cl3NO4/c16-8-1-4-13(20)10(5-8)15(22)23-7-14(21)19-9-2-3-11(17)12(18)6-9/h1-6,20H,7H2,(H,19,21). The smallest absolute Gasteiger partial charge is 0.342 e. The van der Waals surface area contributed by atoms with Crippen molar-refractivity contribution in [3.8, 4) is 5.75 Å². The van der Waals surface area contributed by atoms with Gasteiger partial charge >= 0.3 is 5.97 Å². The first-order valence-electron chi connectivity index (χ1n) is 6.27. The molecule has 8 heteroatoms. The third kappa shape index (κ3) is 4.76. The molecule has 2 rings (SSSR count). The van der Waals surface area contributed by atoms with E-state index in [-0.39, 0.29) is 21.4 Å². The van der Waals surface area contributed by atoms with Crippen molar-refractivity contribution in [3.63, 3.8) is 0 Å². The van der Waals surface area contributed by atoms with E-state index in [9.17, 15) is 14.7 Å². The van der Waals surface area contributed by atoms with Crippen LogP contribution in [0.3, 0.4) is 0 Å². The molecule has 0 unspecified atom stereocenters. The van der Waals surface area contributed by atoms with Crippen LogP contribution in [0.5, 0.6) is 5.75 Å². The number of aromatic hydroxyl groups is 1. The van der Waals surface area contributed by atoms with E-state index in [4.69, 9.17) is 39.5 Å². The molecule has 5 nitrogen and oxygen atoms in total. The van der Waals surface area contributed by atoms with Gasteiger partial charge in [0.05, 0.1) is 10.0 Å². The maximum absolute atomic E-state index is 11.8. The molecule has 0 heterocycles. The fourth-order valence-corrected chi connectivity index (χ4v) is 2.12. The molecule has 2 aromatic rings. The lowest BCUT2D eigenvalue weighted by Crippen LogP contribution is -2.21. The lowest BCUT2D eigenvalue weighted by atomic mass is 10.2. The highest BCUT2D eigenvalue weighted by Crippen LogP contribution is 2.25. The van der Waals surface area contributed by atoms with Crippen LogP contribution in [-0.2, 0) is 9.53 Å². The summed E-state index contributed by atoms with van der Waals surface area (Å²) < 4.78 is 4.82. The van der Waals surface area contributed by atoms with E-state index in [1.54, 1.807) is 6.07 Å². The molecule has 0 radical (unpaired) electrons. The zero-order chi connectivity index (χ0) is 17.0. The van der Waals surface area contributed by atoms with Crippen molar-refractivity contribution in [1.29, 1.82) is 0 Å². The Hall–Kier alpha value is -1.95. The van der Waals surface area contributed by atoms with Gasteiger partial charge in [0, 0.05) is 10.7 Å². The molecule has 23 heavy (non-hydrogen) atoms. The number of amides is 1. The van der Waals surface area contributed by atoms with Crippen LogP contribution in [0.25, 0.3) is 0 Å². The van der Waals surface area contributed by atoms with E-state index in [0.29, 0.717) is 10.7 Å². The molecule has 0 fully saturated rings. The zero-order valence-corrected chi connectivity index (χ0v) is 13.7. The summed E-state index contributed by atoms with van der Waals surface area (Å²) in [6.07, 6.45) is 0. The van der Waals surface area contributed by atoms with Crippen LogP contribution in [0.2, 0.25) is 15.1 Å². The number of carbonyl (C=O) groups excluding carboxylic acids is 2. The molecule has 0 aliphatic rings. The summed E-state index contributed by atoms with van der Waals surface area (Å²) in [5.41, 5.74) is 0.283. The van der Waals surface area contributed by atoms with E-state index < -0.39 is 18.5 Å². The van der Waals surface area contributed by atoms with Gasteiger partial charge in [-0.2, -0.15) is 0 Å². The molecule has 0 spiro atoms. The Bertz CT molecular complexity index is 764. The molecule has 2 aromatic carbocycles. The first-order valence-corrected chi connectivity index (χ1v) is 7.41. The fraction of sp³-hybridized carbons (Fsp3) is 0.0667. The Kier molecular flexibility index (Phi) is 5.71. The summed E-state index contributed by atoms with van der Waals surface area (Å²) in [7, 11) is 0. The number of phenolic OH excluding ortho intramolecular Hbond substituents is 1. The molecule has 0 aromatic heterocycles. The predicted molar refractivity (Wildman–Crippen MR) is 88.5 cm³/mol. The van der Waals surface area contributed by atoms with Gasteiger partial charge in [-0.25, -0.2) is 4.79 Å². The number of carbonyl (C=O) groups is 2. The number of hydrogen-bond acceptors (Lipinski definition) is 4. The topological polar surface area (TPSA) is 75.6 Å². The van der Waals surface area contributed by atoms with Crippen LogP contribution in [0.15, 0.2) is 36.4 Å². The van der Waals surface area contributed by atoms with Gasteiger partial charge in [0.2, 0.25) is 0 Å². The number of nitrogens with one attached hydrogen (secondary N) is 1. The summed E-state index contributed by atoms with van der Waals surface area (Å²) in [5, 5.41) is 13.0. The number of esters is 1. The lowest BCUT2D eigenvalue weighted by molar-refractivity contribution is -0.119. The molecule has 0 atom stereocenters. The van der Waals surface area contributed by atoms with Gasteiger partial charge in [0.15, 0.2) is 6.61 Å². The highest BCUT2D eigenvalue weighted by atomic mass is 35.5. The number of ether oxygens (including phenoxy) is 1. The summed E-state index contributed by atoms with van der Waals surface area (Å²) >= 11 is 17.3. The van der Waals surface area contributed by atoms with E-state index in [0.717, 1.165) is 0 Å². The number of hydrogen-bond donors (Lipinski definition) is 2. The highest BCUT2D eigenvalue weighted by molar-refractivity contribution is 6.42. The largest absolute Gasteiger partial charge is 0.507 e. The van der Waals surface area contributed by atoms with Gasteiger partial charge in [0.1, 0.15) is 11.3 Å². The third-order valence-electron chi connectivity index (χ3n) is 2.72. The average molecular weight is 375 g/mol. The molecule has 0 saturated carbocycles. The molecular formula is C15H10Cl3NO4. The first-order chi connectivity index (χ1) is 10.9. The van der Waals surface area contributed by atoms with Crippen LogP contribution in [0, 0.1) is 0 Å². The second-order valence-electron chi connectivity index (χ2n) is 4.41. The Balaban J connectivity index is 1.94. The number of phenols is 1. The minimum Gasteiger partial charge on any atom is -0.507 e. The molecule has 0 saturated heterocycles. The van der Waals surface area contributed by atoms with Crippen molar-refractivity contribution < 1.29 is 19.4 Å². The van der Waals surface area contributed by atoms with E-state index in [1.165, 1.54) is 30.3 Å². The van der Waals surface area contributed by atoms with E-state index in [2.05, 4.69) is 5.32 Å². The average Bonchev–Trinajstić information content (AvgIpc) is 2.51. The Morgan fingerprint density at radius 1 is 1.04 bits per heavy atom. The monoisotopic (exact) mass is 373 g/mol. The Labute approximate surface area is 146 Å². The second-order valence-corrected chi connectivity index (χ2v) is 5.67. The summed E-state index contributed by atoms with van der Waals surface area (Å²) in [5.74, 6) is -1.73. The zero-order valence-electron chi connectivity index (χ0n) is 11.5. The quantitative estimate of drug-likeness (QED) is 0.788. The van der Waals surface area contributed by atoms with Crippen molar-refractivity contribution in [2.75, 3.05) is 11.9 Å². The Morgan fingerprint density at radius 3 is 2.48 bits per heavy atom. The molecule has 0 bridgehead atoms. The van der Waals surface area contributed by atoms with Crippen LogP contribution in [0.4, 0.5) is 5.69 Å². The van der Waals surface area contributed by atoms with Crippen molar-refractivity contribution in [1.82, 2.24) is 0 Å². The maximum Gasteiger partial charge on any atom is 0.342 e. The minimum atomic E-state index is -0.866. The Morgan fingerprint density at radius 2 is 1.78 bits per heavy atom. The van der Waals surface area contributed by atoms with E-state index in [1.807, 2.05) is 0 Å². The fourth-order valence-electron chi connectivity index (χ4n) is 1.65. The van der Waals surface area contributed by atoms with Crippen molar-refractivity contribution >= 4 is 52.4 Å². The third-order valence-corrected chi connectivity index (χ3v) is 3.69. The van der Waals surface area contributed by atoms with Crippen molar-refractivity contribution in [2.45, 2.75) is 0 Å². The highest BCUT2D eigenvalue weighted by Gasteiger charge is 2.15. The van der Waals surface area contributed by atoms with Crippen LogP contribution < -0.4 is 5.32 Å². The molecular weight excluding hydrogens is 365 g/mol. The number of rotatable bonds is 4. The summed E-state index contributed by atoms with van der Waals surface area (Å²) in [4.78, 5) is 23.6. The summed E-state index contributed by atoms with van der Waals surface area (Å²) in [6.45, 7) is -0.537. The molecule has 0 aliphatic carbocycles. The van der Waals surface area contributed by atoms with Gasteiger partial charge in [-0.1, -0.05) is 34.8 Å². The predicted octanol–water partition coefficient (Wildman–Crippen LogP) is 4.15. The van der Waals surface area contributed by atoms with Gasteiger partial charge in [-0.15, -0.1) is 0 Å². The van der Waals surface area contributed by atoms with Crippen LogP contribution in [0.1, 0.15) is 10.4 Å². The van der Waals surface area contributed by atoms with Gasteiger partial charge < -0.3 is 15.2 Å². The van der Waals surface area contributed by atoms with Crippen molar-refractivity contribution in [3.05, 3.63) is 57.0 Å². The molecule has 1 amide bonds. The SMILES string of the molecule is O=C(COC(=O)c1cc(Cl)ccc1O)Nc1ccc(Cl)c(Cl)c1. The lowest BCUT2D eigenvalue weighted by Gasteiger charge is -2.08. The molecule has 120 valence electrons. The normalized spacial score (nSPS) is 10.2. The van der Waals surface area contributed by atoms with Gasteiger partial charge in [-0.3, -0.25) is 4.79 Å². The van der Waals surface area contributed by atoms with Crippen LogP contribution >= 0.6 is 34.8 Å². The molecule has 0 aliphatic heterocycles. The van der Waals surface area contributed by atoms with Gasteiger partial charge in [0.25, 0.3) is 5.91 Å². The number of halogens is 3. The van der Waals surface area contributed by atoms with Gasteiger partial charge in [-0.05, 0) is 36.4 Å². The number of benzene rings is 2. The first kappa shape index (κ1) is 17.4. The second kappa shape index (κ2) is 7.55. The summed E-state index contributed by atoms with van der Waals surface area (Å²) in [6, 6.07) is 8.47. The number of anilines is 1.